The Morgan fingerprint density at radius 2 is 1.68 bits per heavy atom. The number of hydrogen-bond donors (Lipinski definition) is 1. The molecule has 5 heteroatoms. The molecule has 2 saturated heterocycles. The summed E-state index contributed by atoms with van der Waals surface area (Å²) in [6.07, 6.45) is 6.74. The third kappa shape index (κ3) is 4.35. The number of amides is 2. The van der Waals surface area contributed by atoms with Crippen molar-refractivity contribution in [1.29, 1.82) is 0 Å². The monoisotopic (exact) mass is 269 g/mol. The highest BCUT2D eigenvalue weighted by Gasteiger charge is 2.27. The second-order valence-corrected chi connectivity index (χ2v) is 5.53. The van der Waals surface area contributed by atoms with Crippen molar-refractivity contribution in [3.63, 3.8) is 0 Å². The molecule has 0 aromatic carbocycles. The van der Waals surface area contributed by atoms with Crippen LogP contribution in [-0.4, -0.2) is 61.3 Å². The second-order valence-electron chi connectivity index (χ2n) is 5.53. The SMILES string of the molecule is NCCCOC1CCN(C(=O)N2CCCCC2)CC1. The first-order valence-electron chi connectivity index (χ1n) is 7.67. The molecule has 0 aromatic rings. The molecule has 2 fully saturated rings. The summed E-state index contributed by atoms with van der Waals surface area (Å²) in [5.41, 5.74) is 5.45. The molecule has 0 saturated carbocycles. The Bertz CT molecular complexity index is 272. The molecule has 19 heavy (non-hydrogen) atoms. The lowest BCUT2D eigenvalue weighted by Gasteiger charge is -2.37. The van der Waals surface area contributed by atoms with Gasteiger partial charge in [-0.2, -0.15) is 0 Å². The van der Waals surface area contributed by atoms with Crippen LogP contribution in [0.3, 0.4) is 0 Å². The molecule has 110 valence electrons. The lowest BCUT2D eigenvalue weighted by atomic mass is 10.1. The van der Waals surface area contributed by atoms with E-state index in [1.54, 1.807) is 0 Å². The van der Waals surface area contributed by atoms with Crippen molar-refractivity contribution in [2.75, 3.05) is 39.3 Å². The van der Waals surface area contributed by atoms with Gasteiger partial charge in [-0.15, -0.1) is 0 Å². The quantitative estimate of drug-likeness (QED) is 0.785. The van der Waals surface area contributed by atoms with Crippen LogP contribution in [-0.2, 0) is 4.74 Å². The van der Waals surface area contributed by atoms with E-state index in [0.717, 1.165) is 64.9 Å². The first kappa shape index (κ1) is 14.6. The molecule has 2 N–H and O–H groups in total. The highest BCUT2D eigenvalue weighted by molar-refractivity contribution is 5.74. The van der Waals surface area contributed by atoms with E-state index in [9.17, 15) is 4.79 Å². The average Bonchev–Trinajstić information content (AvgIpc) is 2.48. The molecule has 0 radical (unpaired) electrons. The third-order valence-corrected chi connectivity index (χ3v) is 4.04. The minimum absolute atomic E-state index is 0.236. The van der Waals surface area contributed by atoms with Crippen molar-refractivity contribution in [2.24, 2.45) is 5.73 Å². The van der Waals surface area contributed by atoms with Gasteiger partial charge < -0.3 is 20.3 Å². The van der Waals surface area contributed by atoms with E-state index in [-0.39, 0.29) is 6.03 Å². The topological polar surface area (TPSA) is 58.8 Å². The Morgan fingerprint density at radius 3 is 2.32 bits per heavy atom. The predicted molar refractivity (Wildman–Crippen MR) is 75.0 cm³/mol. The van der Waals surface area contributed by atoms with E-state index >= 15 is 0 Å². The summed E-state index contributed by atoms with van der Waals surface area (Å²) in [4.78, 5) is 16.3. The smallest absolute Gasteiger partial charge is 0.320 e. The van der Waals surface area contributed by atoms with Gasteiger partial charge in [0.1, 0.15) is 0 Å². The Labute approximate surface area is 116 Å². The summed E-state index contributed by atoms with van der Waals surface area (Å²) >= 11 is 0. The van der Waals surface area contributed by atoms with Gasteiger partial charge in [0.2, 0.25) is 0 Å². The number of carbonyl (C=O) groups excluding carboxylic acids is 1. The van der Waals surface area contributed by atoms with Crippen LogP contribution in [0, 0.1) is 0 Å². The highest BCUT2D eigenvalue weighted by atomic mass is 16.5. The standard InChI is InChI=1S/C14H27N3O2/c15-7-4-12-19-13-5-10-17(11-6-13)14(18)16-8-2-1-3-9-16/h13H,1-12,15H2. The fourth-order valence-electron chi connectivity index (χ4n) is 2.83. The van der Waals surface area contributed by atoms with Gasteiger partial charge in [-0.3, -0.25) is 0 Å². The average molecular weight is 269 g/mol. The van der Waals surface area contributed by atoms with Crippen LogP contribution < -0.4 is 5.73 Å². The number of nitrogens with two attached hydrogens (primary N) is 1. The van der Waals surface area contributed by atoms with Crippen molar-refractivity contribution < 1.29 is 9.53 Å². The van der Waals surface area contributed by atoms with Crippen LogP contribution in [0.1, 0.15) is 38.5 Å². The number of carbonyl (C=O) groups is 1. The number of nitrogens with zero attached hydrogens (tertiary/aromatic N) is 2. The van der Waals surface area contributed by atoms with Crippen molar-refractivity contribution >= 4 is 6.03 Å². The molecule has 0 unspecified atom stereocenters. The fourth-order valence-corrected chi connectivity index (χ4v) is 2.83. The minimum Gasteiger partial charge on any atom is -0.378 e. The Hall–Kier alpha value is -0.810. The molecule has 2 rings (SSSR count). The third-order valence-electron chi connectivity index (χ3n) is 4.04. The van der Waals surface area contributed by atoms with Gasteiger partial charge in [0.25, 0.3) is 0 Å². The Kier molecular flexibility index (Phi) is 5.92. The van der Waals surface area contributed by atoms with Gasteiger partial charge in [0.15, 0.2) is 0 Å². The van der Waals surface area contributed by atoms with Gasteiger partial charge in [-0.05, 0) is 45.1 Å². The van der Waals surface area contributed by atoms with Gasteiger partial charge in [-0.1, -0.05) is 0 Å². The maximum atomic E-state index is 12.3. The minimum atomic E-state index is 0.236. The fraction of sp³-hybridized carbons (Fsp3) is 0.929. The molecular formula is C14H27N3O2. The number of ether oxygens (including phenoxy) is 1. The maximum Gasteiger partial charge on any atom is 0.320 e. The molecule has 0 aromatic heterocycles. The molecule has 0 spiro atoms. The van der Waals surface area contributed by atoms with Crippen molar-refractivity contribution in [2.45, 2.75) is 44.6 Å². The lowest BCUT2D eigenvalue weighted by molar-refractivity contribution is 0.0109. The molecule has 2 heterocycles. The zero-order chi connectivity index (χ0) is 13.5. The summed E-state index contributed by atoms with van der Waals surface area (Å²) in [6, 6.07) is 0.236. The summed E-state index contributed by atoms with van der Waals surface area (Å²) in [6.45, 7) is 4.98. The molecule has 2 aliphatic heterocycles. The Morgan fingerprint density at radius 1 is 1.05 bits per heavy atom. The van der Waals surface area contributed by atoms with E-state index in [1.165, 1.54) is 6.42 Å². The van der Waals surface area contributed by atoms with Crippen molar-refractivity contribution in [1.82, 2.24) is 9.80 Å². The van der Waals surface area contributed by atoms with Crippen LogP contribution in [0.25, 0.3) is 0 Å². The second kappa shape index (κ2) is 7.70. The summed E-state index contributed by atoms with van der Waals surface area (Å²) < 4.78 is 5.77. The van der Waals surface area contributed by atoms with E-state index < -0.39 is 0 Å². The summed E-state index contributed by atoms with van der Waals surface area (Å²) in [5.74, 6) is 0. The highest BCUT2D eigenvalue weighted by Crippen LogP contribution is 2.17. The zero-order valence-electron chi connectivity index (χ0n) is 11.9. The van der Waals surface area contributed by atoms with Crippen LogP contribution in [0.5, 0.6) is 0 Å². The number of urea groups is 1. The molecule has 2 amide bonds. The zero-order valence-corrected chi connectivity index (χ0v) is 11.9. The molecule has 0 bridgehead atoms. The molecule has 5 nitrogen and oxygen atoms in total. The van der Waals surface area contributed by atoms with Crippen molar-refractivity contribution in [3.8, 4) is 0 Å². The molecule has 0 atom stereocenters. The first-order chi connectivity index (χ1) is 9.31. The van der Waals surface area contributed by atoms with Gasteiger partial charge in [0, 0.05) is 32.8 Å². The van der Waals surface area contributed by atoms with Crippen LogP contribution in [0.2, 0.25) is 0 Å². The molecular weight excluding hydrogens is 242 g/mol. The molecule has 2 aliphatic rings. The number of rotatable bonds is 4. The van der Waals surface area contributed by atoms with Crippen LogP contribution >= 0.6 is 0 Å². The van der Waals surface area contributed by atoms with Gasteiger partial charge >= 0.3 is 6.03 Å². The molecule has 0 aliphatic carbocycles. The van der Waals surface area contributed by atoms with E-state index in [2.05, 4.69) is 0 Å². The number of likely N-dealkylation sites (tertiary alicyclic amines) is 2. The van der Waals surface area contributed by atoms with E-state index in [1.807, 2.05) is 9.80 Å². The van der Waals surface area contributed by atoms with Gasteiger partial charge in [0.05, 0.1) is 6.10 Å². The Balaban J connectivity index is 1.68. The number of piperidine rings is 2. The maximum absolute atomic E-state index is 12.3. The van der Waals surface area contributed by atoms with Crippen LogP contribution in [0.4, 0.5) is 4.79 Å². The summed E-state index contributed by atoms with van der Waals surface area (Å²) in [7, 11) is 0. The van der Waals surface area contributed by atoms with E-state index in [4.69, 9.17) is 10.5 Å². The predicted octanol–water partition coefficient (Wildman–Crippen LogP) is 1.42. The lowest BCUT2D eigenvalue weighted by Crippen LogP contribution is -2.49. The largest absolute Gasteiger partial charge is 0.378 e. The van der Waals surface area contributed by atoms with Crippen molar-refractivity contribution in [3.05, 3.63) is 0 Å². The van der Waals surface area contributed by atoms with E-state index in [0.29, 0.717) is 12.6 Å². The van der Waals surface area contributed by atoms with Crippen LogP contribution in [0.15, 0.2) is 0 Å². The summed E-state index contributed by atoms with van der Waals surface area (Å²) in [5, 5.41) is 0. The van der Waals surface area contributed by atoms with Gasteiger partial charge in [-0.25, -0.2) is 4.79 Å². The first-order valence-corrected chi connectivity index (χ1v) is 7.67. The number of hydrogen-bond acceptors (Lipinski definition) is 3. The normalized spacial score (nSPS) is 21.7.